The van der Waals surface area contributed by atoms with E-state index in [1.54, 1.807) is 12.1 Å². The molecule has 0 unspecified atom stereocenters. The van der Waals surface area contributed by atoms with Gasteiger partial charge in [0.25, 0.3) is 20.2 Å². The summed E-state index contributed by atoms with van der Waals surface area (Å²) in [6.45, 7) is 2.29. The van der Waals surface area contributed by atoms with Gasteiger partial charge in [0, 0.05) is 37.9 Å². The van der Waals surface area contributed by atoms with Crippen molar-refractivity contribution >= 4 is 49.1 Å². The number of rotatable bonds is 7. The first-order valence-corrected chi connectivity index (χ1v) is 13.5. The van der Waals surface area contributed by atoms with Crippen LogP contribution in [0.4, 0.5) is 11.4 Å². The smallest absolute Gasteiger partial charge is 0.281 e. The molecule has 33 heavy (non-hydrogen) atoms. The lowest BCUT2D eigenvalue weighted by molar-refractivity contribution is -0.120. The van der Waals surface area contributed by atoms with Crippen LogP contribution in [0.25, 0.3) is 0 Å². The van der Waals surface area contributed by atoms with Gasteiger partial charge in [0.05, 0.1) is 16.5 Å². The van der Waals surface area contributed by atoms with Gasteiger partial charge in [0.2, 0.25) is 5.91 Å². The zero-order valence-corrected chi connectivity index (χ0v) is 21.0. The molecule has 1 aliphatic heterocycles. The topological polar surface area (TPSA) is 116 Å². The molecule has 1 heterocycles. The Balaban J connectivity index is 1.66. The number of sulfonamides is 1. The highest BCUT2D eigenvalue weighted by Crippen LogP contribution is 2.25. The molecule has 1 fully saturated rings. The fraction of sp³-hybridized carbons (Fsp3) is 0.381. The lowest BCUT2D eigenvalue weighted by Crippen LogP contribution is -2.47. The maximum Gasteiger partial charge on any atom is 0.281 e. The van der Waals surface area contributed by atoms with E-state index in [4.69, 9.17) is 11.6 Å². The molecule has 0 radical (unpaired) electrons. The van der Waals surface area contributed by atoms with Crippen molar-refractivity contribution < 1.29 is 21.6 Å². The Hall–Kier alpha value is -2.18. The Kier molecular flexibility index (Phi) is 7.69. The minimum atomic E-state index is -3.84. The highest BCUT2D eigenvalue weighted by atomic mass is 35.5. The number of hydrogen-bond donors (Lipinski definition) is 2. The summed E-state index contributed by atoms with van der Waals surface area (Å²) in [7, 11) is -4.52. The van der Waals surface area contributed by atoms with E-state index in [0.29, 0.717) is 35.8 Å². The van der Waals surface area contributed by atoms with Crippen LogP contribution in [0.3, 0.4) is 0 Å². The molecule has 0 saturated carbocycles. The molecule has 12 heteroatoms. The monoisotopic (exact) mass is 514 g/mol. The number of aryl methyl sites for hydroxylation is 1. The van der Waals surface area contributed by atoms with E-state index in [1.165, 1.54) is 48.7 Å². The van der Waals surface area contributed by atoms with Gasteiger partial charge in [-0.25, -0.2) is 8.42 Å². The molecule has 0 aromatic heterocycles. The van der Waals surface area contributed by atoms with Gasteiger partial charge < -0.3 is 5.32 Å². The number of nitrogens with zero attached hydrogens (tertiary/aromatic N) is 2. The van der Waals surface area contributed by atoms with Gasteiger partial charge in [0.15, 0.2) is 0 Å². The number of carbonyl (C=O) groups excluding carboxylic acids is 1. The van der Waals surface area contributed by atoms with Crippen molar-refractivity contribution in [1.29, 1.82) is 0 Å². The molecule has 0 aliphatic carbocycles. The van der Waals surface area contributed by atoms with Crippen LogP contribution < -0.4 is 10.0 Å². The van der Waals surface area contributed by atoms with E-state index >= 15 is 0 Å². The lowest BCUT2D eigenvalue weighted by atomic mass is 9.99. The normalized spacial score (nSPS) is 17.7. The molecule has 2 aromatic carbocycles. The second-order valence-corrected chi connectivity index (χ2v) is 12.3. The van der Waals surface area contributed by atoms with Crippen molar-refractivity contribution in [3.8, 4) is 0 Å². The third-order valence-corrected chi connectivity index (χ3v) is 9.11. The van der Waals surface area contributed by atoms with Crippen LogP contribution >= 0.6 is 11.6 Å². The molecular formula is C21H27ClN4O5S2. The fourth-order valence-electron chi connectivity index (χ4n) is 3.43. The zero-order chi connectivity index (χ0) is 24.4. The number of hydrogen-bond acceptors (Lipinski definition) is 5. The van der Waals surface area contributed by atoms with Gasteiger partial charge in [-0.2, -0.15) is 17.0 Å². The first-order valence-electron chi connectivity index (χ1n) is 10.3. The molecule has 9 nitrogen and oxygen atoms in total. The van der Waals surface area contributed by atoms with Crippen LogP contribution in [0.5, 0.6) is 0 Å². The average molecular weight is 515 g/mol. The molecule has 0 spiro atoms. The van der Waals surface area contributed by atoms with Crippen LogP contribution in [0, 0.1) is 12.8 Å². The second kappa shape index (κ2) is 9.98. The third-order valence-electron chi connectivity index (χ3n) is 5.40. The summed E-state index contributed by atoms with van der Waals surface area (Å²) in [5.41, 5.74) is 1.60. The molecule has 1 saturated heterocycles. The van der Waals surface area contributed by atoms with Gasteiger partial charge in [0.1, 0.15) is 0 Å². The quantitative estimate of drug-likeness (QED) is 0.589. The number of nitrogens with one attached hydrogen (secondary N) is 2. The Morgan fingerprint density at radius 3 is 2.30 bits per heavy atom. The van der Waals surface area contributed by atoms with E-state index in [0.717, 1.165) is 9.87 Å². The van der Waals surface area contributed by atoms with E-state index in [-0.39, 0.29) is 17.3 Å². The van der Waals surface area contributed by atoms with Crippen molar-refractivity contribution in [2.75, 3.05) is 37.2 Å². The van der Waals surface area contributed by atoms with E-state index in [9.17, 15) is 21.6 Å². The maximum atomic E-state index is 12.7. The summed E-state index contributed by atoms with van der Waals surface area (Å²) < 4.78 is 54.9. The highest BCUT2D eigenvalue weighted by Gasteiger charge is 2.33. The number of benzene rings is 2. The lowest BCUT2D eigenvalue weighted by Gasteiger charge is -2.32. The standard InChI is InChI=1S/C21H27ClN4O5S2/c1-15-6-7-18(13-20(15)22)24-32(28,29)19-10-8-17(9-11-19)23-21(27)16-5-4-12-26(14-16)33(30,31)25(2)3/h6-11,13,16,24H,4-5,12,14H2,1-3H3,(H,23,27)/t16-/m0/s1. The van der Waals surface area contributed by atoms with Gasteiger partial charge in [-0.15, -0.1) is 0 Å². The SMILES string of the molecule is Cc1ccc(NS(=O)(=O)c2ccc(NC(=O)[C@H]3CCCN(S(=O)(=O)N(C)C)C3)cc2)cc1Cl. The minimum absolute atomic E-state index is 0.0260. The second-order valence-electron chi connectivity index (χ2n) is 8.07. The largest absolute Gasteiger partial charge is 0.326 e. The number of amides is 1. The number of halogens is 1. The van der Waals surface area contributed by atoms with Crippen LogP contribution in [-0.4, -0.2) is 58.5 Å². The van der Waals surface area contributed by atoms with Gasteiger partial charge in [-0.05, 0) is 61.7 Å². The Morgan fingerprint density at radius 1 is 1.06 bits per heavy atom. The molecule has 2 N–H and O–H groups in total. The zero-order valence-electron chi connectivity index (χ0n) is 18.6. The highest BCUT2D eigenvalue weighted by molar-refractivity contribution is 7.92. The predicted molar refractivity (Wildman–Crippen MR) is 129 cm³/mol. The molecule has 180 valence electrons. The van der Waals surface area contributed by atoms with Crippen molar-refractivity contribution in [3.05, 3.63) is 53.1 Å². The summed E-state index contributed by atoms with van der Waals surface area (Å²) in [4.78, 5) is 12.7. The molecule has 3 rings (SSSR count). The molecule has 1 atom stereocenters. The van der Waals surface area contributed by atoms with Crippen LogP contribution in [0.15, 0.2) is 47.4 Å². The van der Waals surface area contributed by atoms with Gasteiger partial charge in [-0.1, -0.05) is 17.7 Å². The Labute approximate surface area is 200 Å². The van der Waals surface area contributed by atoms with E-state index in [1.807, 2.05) is 6.92 Å². The van der Waals surface area contributed by atoms with Crippen LogP contribution in [-0.2, 0) is 25.0 Å². The van der Waals surface area contributed by atoms with Gasteiger partial charge in [-0.3, -0.25) is 9.52 Å². The van der Waals surface area contributed by atoms with Crippen molar-refractivity contribution in [1.82, 2.24) is 8.61 Å². The number of anilines is 2. The van der Waals surface area contributed by atoms with Crippen molar-refractivity contribution in [2.24, 2.45) is 5.92 Å². The molecule has 1 amide bonds. The maximum absolute atomic E-state index is 12.7. The molecule has 1 aliphatic rings. The molecule has 2 aromatic rings. The summed E-state index contributed by atoms with van der Waals surface area (Å²) >= 11 is 6.06. The van der Waals surface area contributed by atoms with Crippen molar-refractivity contribution in [3.63, 3.8) is 0 Å². The van der Waals surface area contributed by atoms with Gasteiger partial charge >= 0.3 is 0 Å². The summed E-state index contributed by atoms with van der Waals surface area (Å²) in [6.07, 6.45) is 1.15. The fourth-order valence-corrected chi connectivity index (χ4v) is 5.85. The van der Waals surface area contributed by atoms with Crippen molar-refractivity contribution in [2.45, 2.75) is 24.7 Å². The molecular weight excluding hydrogens is 488 g/mol. The first-order chi connectivity index (χ1) is 15.4. The minimum Gasteiger partial charge on any atom is -0.326 e. The van der Waals surface area contributed by atoms with Crippen LogP contribution in [0.2, 0.25) is 5.02 Å². The van der Waals surface area contributed by atoms with E-state index < -0.39 is 26.2 Å². The first kappa shape index (κ1) is 25.4. The Morgan fingerprint density at radius 2 is 1.70 bits per heavy atom. The summed E-state index contributed by atoms with van der Waals surface area (Å²) in [5, 5.41) is 3.20. The third kappa shape index (κ3) is 6.04. The van der Waals surface area contributed by atoms with E-state index in [2.05, 4.69) is 10.0 Å². The molecule has 0 bridgehead atoms. The average Bonchev–Trinajstić information content (AvgIpc) is 2.76. The number of carbonyl (C=O) groups is 1. The Bertz CT molecular complexity index is 1230. The number of piperidine rings is 1. The predicted octanol–water partition coefficient (Wildman–Crippen LogP) is 2.91. The van der Waals surface area contributed by atoms with Crippen LogP contribution in [0.1, 0.15) is 18.4 Å². The summed E-state index contributed by atoms with van der Waals surface area (Å²) in [6, 6.07) is 10.6. The summed E-state index contributed by atoms with van der Waals surface area (Å²) in [5.74, 6) is -0.804.